The Hall–Kier alpha value is -3.66. The standard InChI is InChI=1S/C17H12N2O5/c1-24-16-7-6-15(19(22)23)9-13(16)8-14(10-18)11-2-4-12(5-3-11)17(20)21/h2-9H,1H3,(H,20,21). The fraction of sp³-hybridized carbons (Fsp3) is 0.0588. The van der Waals surface area contributed by atoms with Crippen molar-refractivity contribution in [1.82, 2.24) is 0 Å². The highest BCUT2D eigenvalue weighted by Crippen LogP contribution is 2.28. The number of non-ortho nitro benzene ring substituents is 1. The van der Waals surface area contributed by atoms with Gasteiger partial charge in [0.05, 0.1) is 29.2 Å². The van der Waals surface area contributed by atoms with Crippen LogP contribution in [-0.2, 0) is 0 Å². The second-order valence-electron chi connectivity index (χ2n) is 4.74. The maximum Gasteiger partial charge on any atom is 0.335 e. The third kappa shape index (κ3) is 3.56. The molecule has 0 heterocycles. The molecule has 0 aliphatic carbocycles. The summed E-state index contributed by atoms with van der Waals surface area (Å²) in [6.45, 7) is 0. The Morgan fingerprint density at radius 1 is 1.25 bits per heavy atom. The van der Waals surface area contributed by atoms with E-state index in [9.17, 15) is 20.2 Å². The molecule has 2 aromatic rings. The Labute approximate surface area is 137 Å². The van der Waals surface area contributed by atoms with E-state index in [0.29, 0.717) is 16.9 Å². The summed E-state index contributed by atoms with van der Waals surface area (Å²) in [5.74, 6) is -0.681. The summed E-state index contributed by atoms with van der Waals surface area (Å²) < 4.78 is 5.16. The van der Waals surface area contributed by atoms with Crippen molar-refractivity contribution in [2.24, 2.45) is 0 Å². The first-order valence-electron chi connectivity index (χ1n) is 6.74. The summed E-state index contributed by atoms with van der Waals surface area (Å²) in [5, 5.41) is 29.2. The van der Waals surface area contributed by atoms with E-state index in [1.807, 2.05) is 6.07 Å². The van der Waals surface area contributed by atoms with Crippen molar-refractivity contribution in [3.05, 3.63) is 69.3 Å². The van der Waals surface area contributed by atoms with Crippen molar-refractivity contribution in [3.63, 3.8) is 0 Å². The third-order valence-electron chi connectivity index (χ3n) is 3.29. The van der Waals surface area contributed by atoms with Crippen molar-refractivity contribution in [2.45, 2.75) is 0 Å². The molecule has 0 aliphatic rings. The number of benzene rings is 2. The Kier molecular flexibility index (Phi) is 4.92. The third-order valence-corrected chi connectivity index (χ3v) is 3.29. The van der Waals surface area contributed by atoms with Gasteiger partial charge >= 0.3 is 5.97 Å². The monoisotopic (exact) mass is 324 g/mol. The van der Waals surface area contributed by atoms with Gasteiger partial charge in [0.25, 0.3) is 5.69 Å². The van der Waals surface area contributed by atoms with E-state index in [0.717, 1.165) is 0 Å². The highest BCUT2D eigenvalue weighted by atomic mass is 16.6. The van der Waals surface area contributed by atoms with Gasteiger partial charge in [-0.3, -0.25) is 10.1 Å². The number of nitro benzene ring substituents is 1. The SMILES string of the molecule is COc1ccc([N+](=O)[O-])cc1C=C(C#N)c1ccc(C(=O)O)cc1. The second kappa shape index (κ2) is 7.07. The van der Waals surface area contributed by atoms with Crippen LogP contribution in [0.1, 0.15) is 21.5 Å². The number of allylic oxidation sites excluding steroid dienone is 1. The Bertz CT molecular complexity index is 864. The zero-order valence-electron chi connectivity index (χ0n) is 12.6. The van der Waals surface area contributed by atoms with E-state index < -0.39 is 10.9 Å². The number of nitro groups is 1. The van der Waals surface area contributed by atoms with Crippen LogP contribution in [0.4, 0.5) is 5.69 Å². The van der Waals surface area contributed by atoms with Gasteiger partial charge in [-0.25, -0.2) is 4.79 Å². The van der Waals surface area contributed by atoms with Gasteiger partial charge in [-0.15, -0.1) is 0 Å². The fourth-order valence-corrected chi connectivity index (χ4v) is 2.08. The molecule has 2 aromatic carbocycles. The minimum absolute atomic E-state index is 0.101. The van der Waals surface area contributed by atoms with Crippen molar-refractivity contribution < 1.29 is 19.6 Å². The van der Waals surface area contributed by atoms with E-state index in [-0.39, 0.29) is 16.8 Å². The van der Waals surface area contributed by atoms with Gasteiger partial charge in [-0.2, -0.15) is 5.26 Å². The molecule has 0 atom stereocenters. The largest absolute Gasteiger partial charge is 0.496 e. The molecule has 7 nitrogen and oxygen atoms in total. The predicted molar refractivity (Wildman–Crippen MR) is 86.5 cm³/mol. The molecule has 1 N–H and O–H groups in total. The molecular formula is C17H12N2O5. The predicted octanol–water partition coefficient (Wildman–Crippen LogP) is 3.37. The smallest absolute Gasteiger partial charge is 0.335 e. The lowest BCUT2D eigenvalue weighted by Crippen LogP contribution is -1.96. The van der Waals surface area contributed by atoms with Crippen molar-refractivity contribution >= 4 is 23.3 Å². The molecule has 2 rings (SSSR count). The molecule has 0 aromatic heterocycles. The highest BCUT2D eigenvalue weighted by molar-refractivity contribution is 5.93. The van der Waals surface area contributed by atoms with E-state index in [4.69, 9.17) is 9.84 Å². The van der Waals surface area contributed by atoms with Gasteiger partial charge in [0, 0.05) is 17.7 Å². The summed E-state index contributed by atoms with van der Waals surface area (Å²) >= 11 is 0. The molecule has 0 saturated carbocycles. The molecule has 0 bridgehead atoms. The minimum Gasteiger partial charge on any atom is -0.496 e. The maximum atomic E-state index is 10.9. The minimum atomic E-state index is -1.07. The molecule has 0 amide bonds. The Morgan fingerprint density at radius 3 is 2.38 bits per heavy atom. The molecule has 0 fully saturated rings. The first kappa shape index (κ1) is 16.7. The number of carbonyl (C=O) groups is 1. The molecule has 0 radical (unpaired) electrons. The first-order valence-corrected chi connectivity index (χ1v) is 6.74. The molecular weight excluding hydrogens is 312 g/mol. The van der Waals surface area contributed by atoms with E-state index in [1.54, 1.807) is 0 Å². The maximum absolute atomic E-state index is 10.9. The summed E-state index contributed by atoms with van der Waals surface area (Å²) in [7, 11) is 1.42. The lowest BCUT2D eigenvalue weighted by Gasteiger charge is -2.06. The number of carboxylic acids is 1. The van der Waals surface area contributed by atoms with Gasteiger partial charge in [0.15, 0.2) is 0 Å². The highest BCUT2D eigenvalue weighted by Gasteiger charge is 2.12. The van der Waals surface area contributed by atoms with Crippen LogP contribution in [0.25, 0.3) is 11.6 Å². The van der Waals surface area contributed by atoms with Gasteiger partial charge in [0.1, 0.15) is 5.75 Å². The van der Waals surface area contributed by atoms with Crippen LogP contribution in [0.5, 0.6) is 5.75 Å². The Balaban J connectivity index is 2.50. The van der Waals surface area contributed by atoms with Gasteiger partial charge in [-0.05, 0) is 29.8 Å². The normalized spacial score (nSPS) is 10.8. The molecule has 7 heteroatoms. The zero-order chi connectivity index (χ0) is 17.7. The average Bonchev–Trinajstić information content (AvgIpc) is 2.59. The van der Waals surface area contributed by atoms with Crippen LogP contribution in [0.15, 0.2) is 42.5 Å². The molecule has 24 heavy (non-hydrogen) atoms. The van der Waals surface area contributed by atoms with Crippen LogP contribution in [0.3, 0.4) is 0 Å². The average molecular weight is 324 g/mol. The van der Waals surface area contributed by atoms with Crippen molar-refractivity contribution in [1.29, 1.82) is 5.26 Å². The zero-order valence-corrected chi connectivity index (χ0v) is 12.6. The van der Waals surface area contributed by atoms with Gasteiger partial charge < -0.3 is 9.84 Å². The molecule has 0 aliphatic heterocycles. The molecule has 0 saturated heterocycles. The Morgan fingerprint density at radius 2 is 1.88 bits per heavy atom. The van der Waals surface area contributed by atoms with Crippen LogP contribution >= 0.6 is 0 Å². The number of carboxylic acid groups (broad SMARTS) is 1. The summed E-state index contributed by atoms with van der Waals surface area (Å²) in [6.07, 6.45) is 1.46. The molecule has 0 unspecified atom stereocenters. The number of nitriles is 1. The van der Waals surface area contributed by atoms with Crippen molar-refractivity contribution in [3.8, 4) is 11.8 Å². The number of aromatic carboxylic acids is 1. The first-order chi connectivity index (χ1) is 11.5. The summed E-state index contributed by atoms with van der Waals surface area (Å²) in [5.41, 5.74) is 1.08. The second-order valence-corrected chi connectivity index (χ2v) is 4.74. The number of hydrogen-bond donors (Lipinski definition) is 1. The van der Waals surface area contributed by atoms with Crippen LogP contribution in [0.2, 0.25) is 0 Å². The number of ether oxygens (including phenoxy) is 1. The summed E-state index contributed by atoms with van der Waals surface area (Å²) in [6, 6.07) is 11.8. The van der Waals surface area contributed by atoms with Crippen LogP contribution in [-0.4, -0.2) is 23.1 Å². The number of rotatable bonds is 5. The fourth-order valence-electron chi connectivity index (χ4n) is 2.08. The van der Waals surface area contributed by atoms with Crippen molar-refractivity contribution in [2.75, 3.05) is 7.11 Å². The van der Waals surface area contributed by atoms with Gasteiger partial charge in [0.2, 0.25) is 0 Å². The molecule has 120 valence electrons. The summed E-state index contributed by atoms with van der Waals surface area (Å²) in [4.78, 5) is 21.2. The van der Waals surface area contributed by atoms with Crippen LogP contribution in [0, 0.1) is 21.4 Å². The van der Waals surface area contributed by atoms with E-state index in [1.165, 1.54) is 55.7 Å². The van der Waals surface area contributed by atoms with Crippen LogP contribution < -0.4 is 4.74 Å². The van der Waals surface area contributed by atoms with Gasteiger partial charge in [-0.1, -0.05) is 12.1 Å². The molecule has 0 spiro atoms. The number of hydrogen-bond acceptors (Lipinski definition) is 5. The number of methoxy groups -OCH3 is 1. The quantitative estimate of drug-likeness (QED) is 0.390. The van der Waals surface area contributed by atoms with E-state index in [2.05, 4.69) is 0 Å². The lowest BCUT2D eigenvalue weighted by atomic mass is 10.0. The van der Waals surface area contributed by atoms with E-state index >= 15 is 0 Å². The lowest BCUT2D eigenvalue weighted by molar-refractivity contribution is -0.384. The topological polar surface area (TPSA) is 113 Å². The number of nitrogens with zero attached hydrogens (tertiary/aromatic N) is 2.